The lowest BCUT2D eigenvalue weighted by atomic mass is 10.3. The fourth-order valence-corrected chi connectivity index (χ4v) is 6.23. The molecule has 1 fully saturated rings. The van der Waals surface area contributed by atoms with Gasteiger partial charge < -0.3 is 5.32 Å². The quantitative estimate of drug-likeness (QED) is 0.769. The zero-order chi connectivity index (χ0) is 15.1. The Balaban J connectivity index is 1.98. The molecule has 0 bridgehead atoms. The highest BCUT2D eigenvalue weighted by atomic mass is 32.2. The largest absolute Gasteiger partial charge is 0.316 e. The highest BCUT2D eigenvalue weighted by molar-refractivity contribution is 7.99. The molecule has 1 aromatic rings. The van der Waals surface area contributed by atoms with Crippen molar-refractivity contribution in [1.29, 1.82) is 0 Å². The summed E-state index contributed by atoms with van der Waals surface area (Å²) in [6.07, 6.45) is 2.97. The Hall–Kier alpha value is -0.0800. The molecule has 1 saturated heterocycles. The van der Waals surface area contributed by atoms with E-state index in [0.29, 0.717) is 17.3 Å². The van der Waals surface area contributed by atoms with Crippen LogP contribution in [0.5, 0.6) is 0 Å². The van der Waals surface area contributed by atoms with Gasteiger partial charge >= 0.3 is 0 Å². The van der Waals surface area contributed by atoms with Crippen molar-refractivity contribution in [2.45, 2.75) is 30.4 Å². The molecule has 0 aliphatic carbocycles. The van der Waals surface area contributed by atoms with Crippen LogP contribution in [0.1, 0.15) is 24.6 Å². The standard InChI is InChI=1S/C14H24N2O2S3/c1-2-7-15-8-6-13-4-5-14(20-13)21(17,18)16-9-3-11-19-12-10-16/h4-5,15H,2-3,6-12H2,1H3. The van der Waals surface area contributed by atoms with Crippen LogP contribution in [-0.2, 0) is 16.4 Å². The normalized spacial score (nSPS) is 17.8. The van der Waals surface area contributed by atoms with E-state index in [0.717, 1.165) is 48.7 Å². The van der Waals surface area contributed by atoms with Gasteiger partial charge in [-0.25, -0.2) is 8.42 Å². The first-order valence-electron chi connectivity index (χ1n) is 7.52. The van der Waals surface area contributed by atoms with E-state index in [4.69, 9.17) is 0 Å². The van der Waals surface area contributed by atoms with Crippen LogP contribution < -0.4 is 5.32 Å². The van der Waals surface area contributed by atoms with Gasteiger partial charge in [0.15, 0.2) is 0 Å². The third kappa shape index (κ3) is 4.96. The van der Waals surface area contributed by atoms with Crippen LogP contribution in [0, 0.1) is 0 Å². The molecule has 2 heterocycles. The monoisotopic (exact) mass is 348 g/mol. The van der Waals surface area contributed by atoms with Gasteiger partial charge in [-0.1, -0.05) is 6.92 Å². The minimum atomic E-state index is -3.28. The molecule has 0 unspecified atom stereocenters. The van der Waals surface area contributed by atoms with Gasteiger partial charge in [-0.2, -0.15) is 16.1 Å². The third-order valence-electron chi connectivity index (χ3n) is 3.39. The van der Waals surface area contributed by atoms with Crippen LogP contribution in [0.15, 0.2) is 16.3 Å². The molecule has 7 heteroatoms. The molecule has 21 heavy (non-hydrogen) atoms. The lowest BCUT2D eigenvalue weighted by molar-refractivity contribution is 0.436. The Morgan fingerprint density at radius 1 is 1.24 bits per heavy atom. The van der Waals surface area contributed by atoms with Gasteiger partial charge in [0.05, 0.1) is 0 Å². The van der Waals surface area contributed by atoms with E-state index in [9.17, 15) is 8.42 Å². The van der Waals surface area contributed by atoms with E-state index in [1.54, 1.807) is 10.4 Å². The minimum Gasteiger partial charge on any atom is -0.316 e. The van der Waals surface area contributed by atoms with E-state index < -0.39 is 10.0 Å². The summed E-state index contributed by atoms with van der Waals surface area (Å²) in [6, 6.07) is 3.73. The molecule has 1 N–H and O–H groups in total. The van der Waals surface area contributed by atoms with Gasteiger partial charge in [0, 0.05) is 23.7 Å². The second-order valence-electron chi connectivity index (χ2n) is 5.09. The zero-order valence-electron chi connectivity index (χ0n) is 12.5. The maximum absolute atomic E-state index is 12.6. The highest BCUT2D eigenvalue weighted by Gasteiger charge is 2.26. The molecule has 120 valence electrons. The summed E-state index contributed by atoms with van der Waals surface area (Å²) in [5, 5.41) is 3.35. The first-order chi connectivity index (χ1) is 10.1. The number of hydrogen-bond donors (Lipinski definition) is 1. The average molecular weight is 349 g/mol. The summed E-state index contributed by atoms with van der Waals surface area (Å²) in [6.45, 7) is 5.36. The van der Waals surface area contributed by atoms with E-state index in [2.05, 4.69) is 12.2 Å². The van der Waals surface area contributed by atoms with E-state index in [-0.39, 0.29) is 0 Å². The molecule has 4 nitrogen and oxygen atoms in total. The predicted molar refractivity (Wildman–Crippen MR) is 91.9 cm³/mol. The summed E-state index contributed by atoms with van der Waals surface area (Å²) in [7, 11) is -3.28. The van der Waals surface area contributed by atoms with Crippen molar-refractivity contribution in [3.05, 3.63) is 17.0 Å². The second-order valence-corrected chi connectivity index (χ2v) is 9.65. The second kappa shape index (κ2) is 8.53. The van der Waals surface area contributed by atoms with E-state index >= 15 is 0 Å². The van der Waals surface area contributed by atoms with Crippen LogP contribution in [0.25, 0.3) is 0 Å². The van der Waals surface area contributed by atoms with Gasteiger partial charge in [0.2, 0.25) is 0 Å². The number of rotatable bonds is 7. The first-order valence-corrected chi connectivity index (χ1v) is 10.9. The average Bonchev–Trinajstić information content (AvgIpc) is 2.77. The highest BCUT2D eigenvalue weighted by Crippen LogP contribution is 2.26. The SMILES string of the molecule is CCCNCCc1ccc(S(=O)(=O)N2CCCSCC2)s1. The van der Waals surface area contributed by atoms with Crippen molar-refractivity contribution in [2.75, 3.05) is 37.7 Å². The smallest absolute Gasteiger partial charge is 0.252 e. The van der Waals surface area contributed by atoms with E-state index in [1.165, 1.54) is 11.3 Å². The zero-order valence-corrected chi connectivity index (χ0v) is 15.0. The summed E-state index contributed by atoms with van der Waals surface area (Å²) in [5.74, 6) is 1.96. The molecule has 0 saturated carbocycles. The fraction of sp³-hybridized carbons (Fsp3) is 0.714. The van der Waals surface area contributed by atoms with Crippen LogP contribution >= 0.6 is 23.1 Å². The van der Waals surface area contributed by atoms with Crippen molar-refractivity contribution in [3.8, 4) is 0 Å². The lowest BCUT2D eigenvalue weighted by Crippen LogP contribution is -2.32. The first kappa shape index (κ1) is 17.3. The van der Waals surface area contributed by atoms with Crippen molar-refractivity contribution in [1.82, 2.24) is 9.62 Å². The molecule has 0 radical (unpaired) electrons. The van der Waals surface area contributed by atoms with Crippen LogP contribution in [0.4, 0.5) is 0 Å². The molecule has 0 spiro atoms. The molecular weight excluding hydrogens is 324 g/mol. The lowest BCUT2D eigenvalue weighted by Gasteiger charge is -2.18. The fourth-order valence-electron chi connectivity index (χ4n) is 2.24. The summed E-state index contributed by atoms with van der Waals surface area (Å²) >= 11 is 3.26. The van der Waals surface area contributed by atoms with Gasteiger partial charge in [0.1, 0.15) is 4.21 Å². The molecule has 0 atom stereocenters. The van der Waals surface area contributed by atoms with Gasteiger partial charge in [0.25, 0.3) is 10.0 Å². The molecule has 0 amide bonds. The number of thiophene rings is 1. The Morgan fingerprint density at radius 3 is 2.90 bits per heavy atom. The third-order valence-corrected chi connectivity index (χ3v) is 7.95. The van der Waals surface area contributed by atoms with Gasteiger partial charge in [-0.05, 0) is 50.2 Å². The minimum absolute atomic E-state index is 0.500. The molecule has 1 aromatic heterocycles. The number of nitrogens with one attached hydrogen (secondary N) is 1. The molecule has 2 rings (SSSR count). The number of thioether (sulfide) groups is 1. The summed E-state index contributed by atoms with van der Waals surface area (Å²) < 4.78 is 27.4. The Bertz CT molecular complexity index is 520. The van der Waals surface area contributed by atoms with Crippen LogP contribution in [-0.4, -0.2) is 50.4 Å². The summed E-state index contributed by atoms with van der Waals surface area (Å²) in [5.41, 5.74) is 0. The molecule has 1 aliphatic rings. The Morgan fingerprint density at radius 2 is 2.10 bits per heavy atom. The van der Waals surface area contributed by atoms with Crippen molar-refractivity contribution < 1.29 is 8.42 Å². The number of sulfonamides is 1. The number of nitrogens with zero attached hydrogens (tertiary/aromatic N) is 1. The van der Waals surface area contributed by atoms with Gasteiger partial charge in [-0.3, -0.25) is 0 Å². The topological polar surface area (TPSA) is 49.4 Å². The maximum atomic E-state index is 12.6. The van der Waals surface area contributed by atoms with Crippen molar-refractivity contribution in [3.63, 3.8) is 0 Å². The summed E-state index contributed by atoms with van der Waals surface area (Å²) in [4.78, 5) is 1.14. The van der Waals surface area contributed by atoms with Crippen molar-refractivity contribution in [2.24, 2.45) is 0 Å². The van der Waals surface area contributed by atoms with Crippen LogP contribution in [0.3, 0.4) is 0 Å². The molecule has 1 aliphatic heterocycles. The maximum Gasteiger partial charge on any atom is 0.252 e. The number of hydrogen-bond acceptors (Lipinski definition) is 5. The predicted octanol–water partition coefficient (Wildman–Crippen LogP) is 2.42. The molecule has 0 aromatic carbocycles. The van der Waals surface area contributed by atoms with Crippen LogP contribution in [0.2, 0.25) is 0 Å². The Kier molecular flexibility index (Phi) is 7.01. The Labute approximate surface area is 136 Å². The van der Waals surface area contributed by atoms with Gasteiger partial charge in [-0.15, -0.1) is 11.3 Å². The van der Waals surface area contributed by atoms with Crippen molar-refractivity contribution >= 4 is 33.1 Å². The molecular formula is C14H24N2O2S3. The van der Waals surface area contributed by atoms with E-state index in [1.807, 2.05) is 17.8 Å².